The molecule has 156 valence electrons. The van der Waals surface area contributed by atoms with Crippen molar-refractivity contribution >= 4 is 35.1 Å². The van der Waals surface area contributed by atoms with E-state index in [1.165, 1.54) is 0 Å². The molecule has 1 unspecified atom stereocenters. The van der Waals surface area contributed by atoms with E-state index in [2.05, 4.69) is 19.1 Å². The first kappa shape index (κ1) is 21.7. The maximum Gasteiger partial charge on any atom is 0.331 e. The van der Waals surface area contributed by atoms with E-state index >= 15 is 0 Å². The second kappa shape index (κ2) is 8.80. The Balaban J connectivity index is 1.84. The highest BCUT2D eigenvalue weighted by atomic mass is 35.5. The number of rotatable bonds is 8. The Morgan fingerprint density at radius 1 is 1.31 bits per heavy atom. The molecule has 0 heterocycles. The van der Waals surface area contributed by atoms with E-state index in [0.29, 0.717) is 21.9 Å². The van der Waals surface area contributed by atoms with Crippen LogP contribution in [-0.2, 0) is 16.0 Å². The monoisotopic (exact) mass is 438 g/mol. The minimum atomic E-state index is -1.31. The van der Waals surface area contributed by atoms with Crippen LogP contribution in [0.1, 0.15) is 56.1 Å². The Morgan fingerprint density at radius 2 is 2.07 bits per heavy atom. The van der Waals surface area contributed by atoms with Gasteiger partial charge in [0.05, 0.1) is 11.6 Å². The molecule has 0 radical (unpaired) electrons. The Kier molecular flexibility index (Phi) is 6.59. The summed E-state index contributed by atoms with van der Waals surface area (Å²) in [5, 5.41) is 18.7. The molecule has 0 bridgehead atoms. The van der Waals surface area contributed by atoms with E-state index in [1.807, 2.05) is 6.07 Å². The third-order valence-electron chi connectivity index (χ3n) is 5.90. The van der Waals surface area contributed by atoms with E-state index in [1.54, 1.807) is 0 Å². The van der Waals surface area contributed by atoms with Crippen LogP contribution in [0.25, 0.3) is 0 Å². The minimum Gasteiger partial charge on any atom is -0.492 e. The molecule has 0 saturated heterocycles. The zero-order valence-electron chi connectivity index (χ0n) is 16.2. The summed E-state index contributed by atoms with van der Waals surface area (Å²) >= 11 is 13.1. The summed E-state index contributed by atoms with van der Waals surface area (Å²) < 4.78 is 5.72. The summed E-state index contributed by atoms with van der Waals surface area (Å²) in [6.07, 6.45) is 10.4. The molecular formula is C22H24Cl2O5. The molecule has 0 aliphatic heterocycles. The third kappa shape index (κ3) is 4.31. The summed E-state index contributed by atoms with van der Waals surface area (Å²) in [6.45, 7) is 2.19. The zero-order chi connectivity index (χ0) is 21.2. The van der Waals surface area contributed by atoms with Gasteiger partial charge in [0.15, 0.2) is 0 Å². The van der Waals surface area contributed by atoms with Crippen LogP contribution in [0.3, 0.4) is 0 Å². The molecule has 0 amide bonds. The van der Waals surface area contributed by atoms with Crippen LogP contribution < -0.4 is 4.74 Å². The number of ether oxygens (including phenoxy) is 1. The lowest BCUT2D eigenvalue weighted by Crippen LogP contribution is -2.27. The lowest BCUT2D eigenvalue weighted by Gasteiger charge is -2.37. The molecule has 0 saturated carbocycles. The van der Waals surface area contributed by atoms with Crippen molar-refractivity contribution in [2.75, 3.05) is 6.61 Å². The largest absolute Gasteiger partial charge is 0.492 e. The van der Waals surface area contributed by atoms with Crippen molar-refractivity contribution in [1.29, 1.82) is 0 Å². The molecule has 0 fully saturated rings. The number of halogens is 2. The van der Waals surface area contributed by atoms with Crippen molar-refractivity contribution in [2.45, 2.75) is 51.4 Å². The van der Waals surface area contributed by atoms with Crippen LogP contribution in [0.15, 0.2) is 29.9 Å². The van der Waals surface area contributed by atoms with E-state index in [-0.39, 0.29) is 29.9 Å². The van der Waals surface area contributed by atoms with Gasteiger partial charge in [-0.3, -0.25) is 0 Å². The molecule has 0 spiro atoms. The van der Waals surface area contributed by atoms with Gasteiger partial charge in [-0.1, -0.05) is 48.7 Å². The van der Waals surface area contributed by atoms with Crippen LogP contribution in [0.2, 0.25) is 10.0 Å². The van der Waals surface area contributed by atoms with Gasteiger partial charge in [0, 0.05) is 24.0 Å². The Morgan fingerprint density at radius 3 is 2.72 bits per heavy atom. The summed E-state index contributed by atoms with van der Waals surface area (Å²) in [6, 6.07) is 1.91. The second-order valence-corrected chi connectivity index (χ2v) is 8.48. The minimum absolute atomic E-state index is 0.0102. The Hall–Kier alpha value is -1.98. The average molecular weight is 439 g/mol. The number of hydrogen-bond donors (Lipinski definition) is 2. The zero-order valence-corrected chi connectivity index (χ0v) is 17.7. The number of benzene rings is 1. The predicted octanol–water partition coefficient (Wildman–Crippen LogP) is 5.63. The van der Waals surface area contributed by atoms with Crippen LogP contribution in [0.4, 0.5) is 0 Å². The third-order valence-corrected chi connectivity index (χ3v) is 6.76. The van der Waals surface area contributed by atoms with Gasteiger partial charge in [-0.15, -0.1) is 0 Å². The highest BCUT2D eigenvalue weighted by Gasteiger charge is 2.46. The molecule has 7 heteroatoms. The van der Waals surface area contributed by atoms with Crippen molar-refractivity contribution in [3.8, 4) is 5.75 Å². The van der Waals surface area contributed by atoms with Gasteiger partial charge >= 0.3 is 11.9 Å². The number of aliphatic carboxylic acids is 2. The lowest BCUT2D eigenvalue weighted by atomic mass is 9.67. The fraction of sp³-hybridized carbons (Fsp3) is 0.455. The van der Waals surface area contributed by atoms with E-state index in [0.717, 1.165) is 43.2 Å². The van der Waals surface area contributed by atoms with Crippen molar-refractivity contribution in [3.63, 3.8) is 0 Å². The molecule has 2 N–H and O–H groups in total. The van der Waals surface area contributed by atoms with E-state index in [9.17, 15) is 9.59 Å². The summed E-state index contributed by atoms with van der Waals surface area (Å²) in [5.41, 5.74) is 2.13. The molecule has 2 aliphatic rings. The number of carboxylic acid groups (broad SMARTS) is 2. The molecule has 5 nitrogen and oxygen atoms in total. The standard InChI is InChI=1S/C22H24Cl2O5/c1-2-7-22-8-4-3-5-15(22)18-14(12-22)10-16(19(23)20(18)24)29-9-6-13(21(27)28)11-17(25)26/h3,5,10-11,15H,2,4,6-9,12H2,1H3,(H,25,26)(H,27,28)/t15?,22-/m1/s1. The first-order valence-electron chi connectivity index (χ1n) is 9.76. The van der Waals surface area contributed by atoms with Gasteiger partial charge in [-0.05, 0) is 48.3 Å². The van der Waals surface area contributed by atoms with Gasteiger partial charge in [0.2, 0.25) is 0 Å². The van der Waals surface area contributed by atoms with Gasteiger partial charge in [0.1, 0.15) is 10.8 Å². The quantitative estimate of drug-likeness (QED) is 0.405. The fourth-order valence-corrected chi connectivity index (χ4v) is 5.27. The molecule has 3 rings (SSSR count). The number of carbonyl (C=O) groups is 2. The van der Waals surface area contributed by atoms with Crippen molar-refractivity contribution < 1.29 is 24.5 Å². The van der Waals surface area contributed by atoms with Gasteiger partial charge in [-0.2, -0.15) is 0 Å². The van der Waals surface area contributed by atoms with Crippen LogP contribution >= 0.6 is 23.2 Å². The van der Waals surface area contributed by atoms with Crippen LogP contribution in [0, 0.1) is 5.41 Å². The molecule has 1 aromatic carbocycles. The number of carboxylic acids is 2. The van der Waals surface area contributed by atoms with Crippen molar-refractivity contribution in [1.82, 2.24) is 0 Å². The topological polar surface area (TPSA) is 83.8 Å². The van der Waals surface area contributed by atoms with E-state index < -0.39 is 11.9 Å². The Bertz CT molecular complexity index is 890. The average Bonchev–Trinajstić information content (AvgIpc) is 2.98. The van der Waals surface area contributed by atoms with E-state index in [4.69, 9.17) is 38.2 Å². The number of fused-ring (bicyclic) bond motifs is 3. The van der Waals surface area contributed by atoms with Crippen molar-refractivity contribution in [3.05, 3.63) is 51.0 Å². The first-order chi connectivity index (χ1) is 13.8. The molecular weight excluding hydrogens is 415 g/mol. The van der Waals surface area contributed by atoms with Crippen LogP contribution in [0.5, 0.6) is 5.75 Å². The number of hydrogen-bond acceptors (Lipinski definition) is 3. The fourth-order valence-electron chi connectivity index (χ4n) is 4.72. The predicted molar refractivity (Wildman–Crippen MR) is 112 cm³/mol. The normalized spacial score (nSPS) is 22.9. The SMILES string of the molecule is CCC[C@]12CCC=CC1c1c(cc(OCCC(=CC(=O)O)C(=O)O)c(Cl)c1Cl)C2. The van der Waals surface area contributed by atoms with Crippen molar-refractivity contribution in [2.24, 2.45) is 5.41 Å². The highest BCUT2D eigenvalue weighted by molar-refractivity contribution is 6.43. The molecule has 29 heavy (non-hydrogen) atoms. The highest BCUT2D eigenvalue weighted by Crippen LogP contribution is 2.59. The second-order valence-electron chi connectivity index (χ2n) is 7.72. The summed E-state index contributed by atoms with van der Waals surface area (Å²) in [4.78, 5) is 21.9. The number of allylic oxidation sites excluding steroid dienone is 2. The van der Waals surface area contributed by atoms with Crippen LogP contribution in [-0.4, -0.2) is 28.8 Å². The van der Waals surface area contributed by atoms with Gasteiger partial charge < -0.3 is 14.9 Å². The summed E-state index contributed by atoms with van der Waals surface area (Å²) in [7, 11) is 0. The van der Waals surface area contributed by atoms with Gasteiger partial charge in [-0.25, -0.2) is 9.59 Å². The Labute approximate surface area is 180 Å². The molecule has 2 aliphatic carbocycles. The summed E-state index contributed by atoms with van der Waals surface area (Å²) in [5.74, 6) is -1.93. The maximum atomic E-state index is 11.2. The van der Waals surface area contributed by atoms with Gasteiger partial charge in [0.25, 0.3) is 0 Å². The first-order valence-corrected chi connectivity index (χ1v) is 10.5. The smallest absolute Gasteiger partial charge is 0.331 e. The maximum absolute atomic E-state index is 11.2. The molecule has 1 aromatic rings. The molecule has 0 aromatic heterocycles. The molecule has 2 atom stereocenters. The lowest BCUT2D eigenvalue weighted by molar-refractivity contribution is -0.135.